The molecule has 3 rings (SSSR count). The van der Waals surface area contributed by atoms with E-state index in [9.17, 15) is 0 Å². The summed E-state index contributed by atoms with van der Waals surface area (Å²) < 4.78 is 6.06. The highest BCUT2D eigenvalue weighted by molar-refractivity contribution is 6.71. The topological polar surface area (TPSA) is 9.23 Å². The SMILES string of the molecule is C1=Cc2ccccc21.C=CC1(C=C)CCC[Si](C)(C)O1. The Kier molecular flexibility index (Phi) is 4.46. The van der Waals surface area contributed by atoms with Gasteiger partial charge in [-0.25, -0.2) is 0 Å². The Hall–Kier alpha value is -1.38. The predicted octanol–water partition coefficient (Wildman–Crippen LogP) is 5.28. The molecule has 0 bridgehead atoms. The van der Waals surface area contributed by atoms with E-state index in [4.69, 9.17) is 4.43 Å². The maximum Gasteiger partial charge on any atom is 0.188 e. The van der Waals surface area contributed by atoms with Gasteiger partial charge in [0.1, 0.15) is 0 Å². The molecule has 0 amide bonds. The zero-order chi connectivity index (χ0) is 14.6. The van der Waals surface area contributed by atoms with Crippen molar-refractivity contribution in [3.05, 3.63) is 60.7 Å². The smallest absolute Gasteiger partial charge is 0.188 e. The molecule has 1 saturated heterocycles. The molecule has 1 aromatic rings. The zero-order valence-corrected chi connectivity index (χ0v) is 13.6. The van der Waals surface area contributed by atoms with Crippen molar-refractivity contribution >= 4 is 20.5 Å². The lowest BCUT2D eigenvalue weighted by molar-refractivity contribution is 0.131. The van der Waals surface area contributed by atoms with Crippen LogP contribution in [0.1, 0.15) is 24.0 Å². The number of rotatable bonds is 2. The highest BCUT2D eigenvalue weighted by atomic mass is 28.4. The van der Waals surface area contributed by atoms with Gasteiger partial charge in [0.15, 0.2) is 8.32 Å². The first-order valence-electron chi connectivity index (χ1n) is 7.25. The summed E-state index contributed by atoms with van der Waals surface area (Å²) in [5.41, 5.74) is 2.52. The molecule has 1 aromatic carbocycles. The van der Waals surface area contributed by atoms with Crippen molar-refractivity contribution < 1.29 is 4.43 Å². The molecule has 106 valence electrons. The average molecular weight is 284 g/mol. The van der Waals surface area contributed by atoms with E-state index in [1.54, 1.807) is 0 Å². The van der Waals surface area contributed by atoms with Crippen molar-refractivity contribution in [1.29, 1.82) is 0 Å². The summed E-state index contributed by atoms with van der Waals surface area (Å²) in [5.74, 6) is 0. The molecule has 0 unspecified atom stereocenters. The fourth-order valence-corrected chi connectivity index (χ4v) is 5.10. The van der Waals surface area contributed by atoms with Gasteiger partial charge >= 0.3 is 0 Å². The molecule has 0 saturated carbocycles. The minimum atomic E-state index is -1.41. The van der Waals surface area contributed by atoms with Gasteiger partial charge < -0.3 is 4.43 Å². The van der Waals surface area contributed by atoms with Crippen LogP contribution in [0.15, 0.2) is 49.6 Å². The third kappa shape index (κ3) is 3.38. The van der Waals surface area contributed by atoms with Crippen molar-refractivity contribution in [3.8, 4) is 0 Å². The molecule has 0 atom stereocenters. The van der Waals surface area contributed by atoms with Crippen LogP contribution < -0.4 is 0 Å². The second-order valence-electron chi connectivity index (χ2n) is 6.04. The minimum absolute atomic E-state index is 0.214. The standard InChI is InChI=1S/C10H18OSi.C8H6/c1-5-10(6-2)8-7-9-12(3,4)11-10;1-2-4-8-6-5-7(8)3-1/h5-6H,1-2,7-9H2,3-4H3;1-6H. The fraction of sp³-hybridized carbons (Fsp3) is 0.333. The van der Waals surface area contributed by atoms with Crippen LogP contribution in [0, 0.1) is 0 Å². The van der Waals surface area contributed by atoms with Gasteiger partial charge in [0.25, 0.3) is 0 Å². The van der Waals surface area contributed by atoms with Crippen LogP contribution in [0.5, 0.6) is 0 Å². The van der Waals surface area contributed by atoms with Crippen LogP contribution in [0.3, 0.4) is 0 Å². The van der Waals surface area contributed by atoms with Gasteiger partial charge in [-0.05, 0) is 36.7 Å². The van der Waals surface area contributed by atoms with Crippen molar-refractivity contribution in [3.63, 3.8) is 0 Å². The van der Waals surface area contributed by atoms with Gasteiger partial charge in [0.2, 0.25) is 0 Å². The Balaban J connectivity index is 0.000000157. The summed E-state index contributed by atoms with van der Waals surface area (Å²) in [6.45, 7) is 12.2. The lowest BCUT2D eigenvalue weighted by Gasteiger charge is -2.41. The van der Waals surface area contributed by atoms with Crippen LogP contribution in [0.4, 0.5) is 0 Å². The summed E-state index contributed by atoms with van der Waals surface area (Å²) in [6.07, 6.45) is 10.3. The molecule has 1 fully saturated rings. The average Bonchev–Trinajstić information content (AvgIpc) is 2.40. The summed E-state index contributed by atoms with van der Waals surface area (Å²) in [6, 6.07) is 9.62. The molecule has 0 aromatic heterocycles. The largest absolute Gasteiger partial charge is 0.405 e. The van der Waals surface area contributed by atoms with Gasteiger partial charge in [-0.15, -0.1) is 0 Å². The number of fused-ring (bicyclic) bond motifs is 1. The third-order valence-corrected chi connectivity index (χ3v) is 6.43. The Labute approximate surface area is 123 Å². The second-order valence-corrected chi connectivity index (χ2v) is 10.3. The van der Waals surface area contributed by atoms with Gasteiger partial charge in [-0.2, -0.15) is 0 Å². The molecule has 2 heteroatoms. The predicted molar refractivity (Wildman–Crippen MR) is 91.1 cm³/mol. The molecular formula is C18H24OSi. The second kappa shape index (κ2) is 5.94. The number of benzene rings is 1. The normalized spacial score (nSPS) is 20.7. The first-order chi connectivity index (χ1) is 9.50. The van der Waals surface area contributed by atoms with Gasteiger partial charge in [0.05, 0.1) is 5.60 Å². The fourth-order valence-electron chi connectivity index (χ4n) is 2.68. The van der Waals surface area contributed by atoms with E-state index >= 15 is 0 Å². The molecule has 1 nitrogen and oxygen atoms in total. The highest BCUT2D eigenvalue weighted by Gasteiger charge is 2.37. The van der Waals surface area contributed by atoms with Gasteiger partial charge in [-0.1, -0.05) is 68.1 Å². The monoisotopic (exact) mass is 284 g/mol. The van der Waals surface area contributed by atoms with Crippen LogP contribution >= 0.6 is 0 Å². The quantitative estimate of drug-likeness (QED) is 0.538. The molecule has 1 heterocycles. The first-order valence-corrected chi connectivity index (χ1v) is 10.4. The molecule has 20 heavy (non-hydrogen) atoms. The van der Waals surface area contributed by atoms with Gasteiger partial charge in [0, 0.05) is 0 Å². The van der Waals surface area contributed by atoms with E-state index in [-0.39, 0.29) is 5.60 Å². The van der Waals surface area contributed by atoms with Crippen molar-refractivity contribution in [2.45, 2.75) is 37.6 Å². The summed E-state index contributed by atoms with van der Waals surface area (Å²) in [4.78, 5) is 0. The van der Waals surface area contributed by atoms with Crippen LogP contribution in [0.25, 0.3) is 12.2 Å². The Bertz CT molecular complexity index is 495. The van der Waals surface area contributed by atoms with Crippen molar-refractivity contribution in [1.82, 2.24) is 0 Å². The molecule has 0 radical (unpaired) electrons. The maximum absolute atomic E-state index is 6.06. The van der Waals surface area contributed by atoms with Crippen molar-refractivity contribution in [2.75, 3.05) is 0 Å². The Morgan fingerprint density at radius 1 is 1.10 bits per heavy atom. The molecule has 2 aliphatic rings. The van der Waals surface area contributed by atoms with E-state index in [0.717, 1.165) is 6.42 Å². The molecule has 1 aliphatic carbocycles. The Morgan fingerprint density at radius 3 is 1.95 bits per heavy atom. The lowest BCUT2D eigenvalue weighted by atomic mass is 9.99. The van der Waals surface area contributed by atoms with E-state index in [1.807, 2.05) is 12.2 Å². The molecule has 0 spiro atoms. The van der Waals surface area contributed by atoms with E-state index in [1.165, 1.54) is 23.6 Å². The summed E-state index contributed by atoms with van der Waals surface area (Å²) in [5, 5.41) is 0. The van der Waals surface area contributed by atoms with E-state index in [2.05, 4.69) is 62.7 Å². The van der Waals surface area contributed by atoms with E-state index in [0.29, 0.717) is 0 Å². The van der Waals surface area contributed by atoms with Crippen molar-refractivity contribution in [2.24, 2.45) is 0 Å². The summed E-state index contributed by atoms with van der Waals surface area (Å²) in [7, 11) is -1.41. The molecule has 1 aliphatic heterocycles. The lowest BCUT2D eigenvalue weighted by Crippen LogP contribution is -2.45. The molecule has 0 N–H and O–H groups in total. The number of hydrogen-bond donors (Lipinski definition) is 0. The number of hydrogen-bond acceptors (Lipinski definition) is 1. The zero-order valence-electron chi connectivity index (χ0n) is 12.6. The van der Waals surface area contributed by atoms with Crippen LogP contribution in [0.2, 0.25) is 19.1 Å². The maximum atomic E-state index is 6.06. The van der Waals surface area contributed by atoms with E-state index < -0.39 is 8.32 Å². The Morgan fingerprint density at radius 2 is 1.65 bits per heavy atom. The summed E-state index contributed by atoms with van der Waals surface area (Å²) >= 11 is 0. The highest BCUT2D eigenvalue weighted by Crippen LogP contribution is 2.34. The van der Waals surface area contributed by atoms with Crippen LogP contribution in [-0.4, -0.2) is 13.9 Å². The van der Waals surface area contributed by atoms with Gasteiger partial charge in [-0.3, -0.25) is 0 Å². The molecular weight excluding hydrogens is 260 g/mol. The minimum Gasteiger partial charge on any atom is -0.405 e. The third-order valence-electron chi connectivity index (χ3n) is 3.94. The first kappa shape index (κ1) is 15.0. The van der Waals surface area contributed by atoms with Crippen LogP contribution in [-0.2, 0) is 4.43 Å².